The average molecular weight is 359 g/mol. The van der Waals surface area contributed by atoms with Crippen molar-refractivity contribution in [3.8, 4) is 0 Å². The van der Waals surface area contributed by atoms with E-state index in [0.29, 0.717) is 5.56 Å². The number of fused-ring (bicyclic) bond motifs is 1. The molecule has 2 aromatic heterocycles. The largest absolute Gasteiger partial charge is 0.278 e. The predicted octanol–water partition coefficient (Wildman–Crippen LogP) is 4.09. The molecule has 0 radical (unpaired) electrons. The van der Waals surface area contributed by atoms with E-state index in [-0.39, 0.29) is 5.91 Å². The Balaban J connectivity index is 2.06. The molecule has 0 aliphatic rings. The SMILES string of the molecule is CON(C)C(=O)c1ccccc1Sc1ncnc2sc(C)c(C)c12. The maximum absolute atomic E-state index is 12.5. The number of hydroxylamine groups is 2. The number of benzene rings is 1. The predicted molar refractivity (Wildman–Crippen MR) is 96.6 cm³/mol. The van der Waals surface area contributed by atoms with Crippen LogP contribution < -0.4 is 0 Å². The Hall–Kier alpha value is -1.96. The number of nitrogens with zero attached hydrogens (tertiary/aromatic N) is 3. The van der Waals surface area contributed by atoms with Crippen LogP contribution in [0.2, 0.25) is 0 Å². The van der Waals surface area contributed by atoms with E-state index in [0.717, 1.165) is 20.1 Å². The van der Waals surface area contributed by atoms with Gasteiger partial charge in [-0.15, -0.1) is 11.3 Å². The number of hydrogen-bond donors (Lipinski definition) is 0. The molecule has 0 atom stereocenters. The summed E-state index contributed by atoms with van der Waals surface area (Å²) in [5.74, 6) is -0.191. The third kappa shape index (κ3) is 3.02. The maximum atomic E-state index is 12.5. The molecule has 7 heteroatoms. The van der Waals surface area contributed by atoms with Crippen LogP contribution in [-0.2, 0) is 4.84 Å². The molecule has 5 nitrogen and oxygen atoms in total. The van der Waals surface area contributed by atoms with Crippen LogP contribution in [0.1, 0.15) is 20.8 Å². The van der Waals surface area contributed by atoms with Gasteiger partial charge in [-0.1, -0.05) is 23.9 Å². The molecule has 0 fully saturated rings. The summed E-state index contributed by atoms with van der Waals surface area (Å²) in [6, 6.07) is 7.47. The first-order valence-electron chi connectivity index (χ1n) is 7.32. The van der Waals surface area contributed by atoms with E-state index in [1.165, 1.54) is 34.4 Å². The van der Waals surface area contributed by atoms with Crippen molar-refractivity contribution in [1.29, 1.82) is 0 Å². The van der Waals surface area contributed by atoms with Crippen LogP contribution in [0.25, 0.3) is 10.2 Å². The zero-order valence-corrected chi connectivity index (χ0v) is 15.5. The summed E-state index contributed by atoms with van der Waals surface area (Å²) >= 11 is 3.14. The van der Waals surface area contributed by atoms with Crippen LogP contribution in [0.15, 0.2) is 40.5 Å². The van der Waals surface area contributed by atoms with Gasteiger partial charge in [-0.05, 0) is 31.5 Å². The molecule has 3 aromatic rings. The molecule has 0 aliphatic heterocycles. The fraction of sp³-hybridized carbons (Fsp3) is 0.235. The monoisotopic (exact) mass is 359 g/mol. The summed E-state index contributed by atoms with van der Waals surface area (Å²) in [6.45, 7) is 4.17. The number of carbonyl (C=O) groups is 1. The second kappa shape index (κ2) is 6.88. The van der Waals surface area contributed by atoms with Gasteiger partial charge in [0.1, 0.15) is 16.2 Å². The number of rotatable bonds is 4. The van der Waals surface area contributed by atoms with Crippen LogP contribution in [-0.4, -0.2) is 35.1 Å². The molecule has 0 saturated heterocycles. The highest BCUT2D eigenvalue weighted by atomic mass is 32.2. The van der Waals surface area contributed by atoms with Gasteiger partial charge < -0.3 is 0 Å². The van der Waals surface area contributed by atoms with Gasteiger partial charge in [0.2, 0.25) is 0 Å². The van der Waals surface area contributed by atoms with E-state index in [2.05, 4.69) is 23.8 Å². The third-order valence-electron chi connectivity index (χ3n) is 3.81. The van der Waals surface area contributed by atoms with E-state index in [4.69, 9.17) is 4.84 Å². The zero-order valence-electron chi connectivity index (χ0n) is 13.9. The molecule has 24 heavy (non-hydrogen) atoms. The van der Waals surface area contributed by atoms with Gasteiger partial charge in [0.25, 0.3) is 5.91 Å². The van der Waals surface area contributed by atoms with Gasteiger partial charge in [0.15, 0.2) is 0 Å². The summed E-state index contributed by atoms with van der Waals surface area (Å²) < 4.78 is 0. The molecule has 0 spiro atoms. The van der Waals surface area contributed by atoms with Crippen molar-refractivity contribution < 1.29 is 9.63 Å². The van der Waals surface area contributed by atoms with Crippen LogP contribution in [0.3, 0.4) is 0 Å². The van der Waals surface area contributed by atoms with E-state index < -0.39 is 0 Å². The van der Waals surface area contributed by atoms with Crippen molar-refractivity contribution >= 4 is 39.2 Å². The minimum Gasteiger partial charge on any atom is -0.274 e. The van der Waals surface area contributed by atoms with Gasteiger partial charge in [-0.25, -0.2) is 15.0 Å². The Kier molecular flexibility index (Phi) is 4.84. The molecule has 0 N–H and O–H groups in total. The molecule has 0 saturated carbocycles. The standard InChI is InChI=1S/C17H17N3O2S2/c1-10-11(2)23-15-14(10)16(19-9-18-15)24-13-8-6-5-7-12(13)17(21)20(3)22-4/h5-9H,1-4H3. The summed E-state index contributed by atoms with van der Waals surface area (Å²) in [7, 11) is 3.07. The fourth-order valence-corrected chi connectivity index (χ4v) is 4.45. The Bertz CT molecular complexity index is 908. The van der Waals surface area contributed by atoms with Crippen molar-refractivity contribution in [3.63, 3.8) is 0 Å². The zero-order chi connectivity index (χ0) is 17.3. The highest BCUT2D eigenvalue weighted by Gasteiger charge is 2.19. The topological polar surface area (TPSA) is 55.3 Å². The van der Waals surface area contributed by atoms with E-state index in [1.807, 2.05) is 18.2 Å². The summed E-state index contributed by atoms with van der Waals surface area (Å²) in [4.78, 5) is 29.3. The first kappa shape index (κ1) is 16.9. The Morgan fingerprint density at radius 3 is 2.75 bits per heavy atom. The Labute approximate surface area is 148 Å². The smallest absolute Gasteiger partial charge is 0.274 e. The van der Waals surface area contributed by atoms with Crippen molar-refractivity contribution in [2.24, 2.45) is 0 Å². The number of amides is 1. The summed E-state index contributed by atoms with van der Waals surface area (Å²) in [6.07, 6.45) is 1.58. The molecule has 0 bridgehead atoms. The fourth-order valence-electron chi connectivity index (χ4n) is 2.32. The first-order valence-corrected chi connectivity index (χ1v) is 8.96. The summed E-state index contributed by atoms with van der Waals surface area (Å²) in [5.41, 5.74) is 1.78. The van der Waals surface area contributed by atoms with Gasteiger partial charge in [0.05, 0.1) is 12.7 Å². The van der Waals surface area contributed by atoms with E-state index >= 15 is 0 Å². The molecule has 0 aliphatic carbocycles. The second-order valence-electron chi connectivity index (χ2n) is 5.23. The number of thiophene rings is 1. The number of aromatic nitrogens is 2. The molecule has 0 unspecified atom stereocenters. The van der Waals surface area contributed by atoms with Gasteiger partial charge in [-0.2, -0.15) is 0 Å². The molecular weight excluding hydrogens is 342 g/mol. The lowest BCUT2D eigenvalue weighted by Gasteiger charge is -2.15. The highest BCUT2D eigenvalue weighted by molar-refractivity contribution is 7.99. The van der Waals surface area contributed by atoms with Crippen molar-refractivity contribution in [2.45, 2.75) is 23.8 Å². The van der Waals surface area contributed by atoms with Gasteiger partial charge in [0, 0.05) is 22.2 Å². The normalized spacial score (nSPS) is 11.0. The molecule has 1 amide bonds. The summed E-state index contributed by atoms with van der Waals surface area (Å²) in [5, 5.41) is 3.14. The molecular formula is C17H17N3O2S2. The van der Waals surface area contributed by atoms with Gasteiger partial charge in [-0.3, -0.25) is 9.63 Å². The Morgan fingerprint density at radius 2 is 2.00 bits per heavy atom. The highest BCUT2D eigenvalue weighted by Crippen LogP contribution is 2.38. The van der Waals surface area contributed by atoms with Crippen LogP contribution in [0.4, 0.5) is 0 Å². The minimum atomic E-state index is -0.191. The van der Waals surface area contributed by atoms with E-state index in [1.54, 1.807) is 30.8 Å². The average Bonchev–Trinajstić information content (AvgIpc) is 2.89. The second-order valence-corrected chi connectivity index (χ2v) is 7.46. The minimum absolute atomic E-state index is 0.191. The third-order valence-corrected chi connectivity index (χ3v) is 6.01. The molecule has 2 heterocycles. The number of aryl methyl sites for hydroxylation is 2. The molecule has 1 aromatic carbocycles. The lowest BCUT2D eigenvalue weighted by Crippen LogP contribution is -2.25. The maximum Gasteiger partial charge on any atom is 0.278 e. The van der Waals surface area contributed by atoms with Crippen LogP contribution in [0.5, 0.6) is 0 Å². The van der Waals surface area contributed by atoms with Crippen LogP contribution >= 0.6 is 23.1 Å². The lowest BCUT2D eigenvalue weighted by molar-refractivity contribution is -0.0759. The van der Waals surface area contributed by atoms with Gasteiger partial charge >= 0.3 is 0 Å². The molecule has 3 rings (SSSR count). The Morgan fingerprint density at radius 1 is 1.25 bits per heavy atom. The lowest BCUT2D eigenvalue weighted by atomic mass is 10.2. The number of hydrogen-bond acceptors (Lipinski definition) is 6. The van der Waals surface area contributed by atoms with Crippen LogP contribution in [0, 0.1) is 13.8 Å². The van der Waals surface area contributed by atoms with E-state index in [9.17, 15) is 4.79 Å². The quantitative estimate of drug-likeness (QED) is 0.519. The first-order chi connectivity index (χ1) is 11.5. The van der Waals surface area contributed by atoms with Crippen molar-refractivity contribution in [3.05, 3.63) is 46.6 Å². The van der Waals surface area contributed by atoms with Crippen molar-refractivity contribution in [2.75, 3.05) is 14.2 Å². The number of carbonyl (C=O) groups excluding carboxylic acids is 1. The molecule has 124 valence electrons. The van der Waals surface area contributed by atoms with Crippen molar-refractivity contribution in [1.82, 2.24) is 15.0 Å².